The number of hydrogen-bond donors (Lipinski definition) is 2. The smallest absolute Gasteiger partial charge is 0.305 e. The van der Waals surface area contributed by atoms with E-state index in [1.807, 2.05) is 18.2 Å². The summed E-state index contributed by atoms with van der Waals surface area (Å²) in [7, 11) is 0. The van der Waals surface area contributed by atoms with E-state index in [1.165, 1.54) is 30.3 Å². The molecule has 7 nitrogen and oxygen atoms in total. The van der Waals surface area contributed by atoms with Gasteiger partial charge in [0.05, 0.1) is 0 Å². The van der Waals surface area contributed by atoms with Crippen molar-refractivity contribution in [1.29, 1.82) is 0 Å². The number of amides is 2. The minimum absolute atomic E-state index is 0.00403. The van der Waals surface area contributed by atoms with Crippen LogP contribution in [0.5, 0.6) is 5.75 Å². The van der Waals surface area contributed by atoms with Gasteiger partial charge in [0.25, 0.3) is 0 Å². The lowest BCUT2D eigenvalue weighted by molar-refractivity contribution is -0.121. The Morgan fingerprint density at radius 3 is 2.33 bits per heavy atom. The first-order chi connectivity index (χ1) is 14.5. The van der Waals surface area contributed by atoms with E-state index in [9.17, 15) is 18.8 Å². The summed E-state index contributed by atoms with van der Waals surface area (Å²) in [6, 6.07) is 17.3. The third-order valence-corrected chi connectivity index (χ3v) is 4.07. The van der Waals surface area contributed by atoms with Crippen LogP contribution in [-0.2, 0) is 11.4 Å². The molecular formula is C22H19FN2O5. The molecule has 1 aromatic heterocycles. The number of Topliss-reactive ketones (excluding diaryl/α,β-unsaturated/α-hetero) is 1. The monoisotopic (exact) mass is 410 g/mol. The minimum atomic E-state index is -0.640. The average Bonchev–Trinajstić information content (AvgIpc) is 3.25. The molecule has 0 aliphatic carbocycles. The van der Waals surface area contributed by atoms with Gasteiger partial charge in [-0.25, -0.2) is 4.39 Å². The van der Waals surface area contributed by atoms with E-state index in [2.05, 4.69) is 10.9 Å². The molecule has 2 amide bonds. The average molecular weight is 410 g/mol. The van der Waals surface area contributed by atoms with E-state index in [0.717, 1.165) is 0 Å². The van der Waals surface area contributed by atoms with Crippen LogP contribution in [0, 0.1) is 5.82 Å². The van der Waals surface area contributed by atoms with Crippen LogP contribution in [-0.4, -0.2) is 17.6 Å². The number of ketones is 1. The Morgan fingerprint density at radius 1 is 0.867 bits per heavy atom. The highest BCUT2D eigenvalue weighted by molar-refractivity contribution is 5.98. The van der Waals surface area contributed by atoms with Gasteiger partial charge in [0.1, 0.15) is 23.9 Å². The van der Waals surface area contributed by atoms with Crippen LogP contribution in [0.3, 0.4) is 0 Å². The number of hydrogen-bond acceptors (Lipinski definition) is 5. The van der Waals surface area contributed by atoms with Crippen LogP contribution in [0.15, 0.2) is 71.1 Å². The predicted molar refractivity (Wildman–Crippen MR) is 105 cm³/mol. The molecule has 2 aromatic carbocycles. The predicted octanol–water partition coefficient (Wildman–Crippen LogP) is 3.42. The Hall–Kier alpha value is -3.94. The van der Waals surface area contributed by atoms with Crippen molar-refractivity contribution < 1.29 is 27.9 Å². The molecule has 2 N–H and O–H groups in total. The van der Waals surface area contributed by atoms with Gasteiger partial charge in [-0.15, -0.1) is 0 Å². The van der Waals surface area contributed by atoms with E-state index in [0.29, 0.717) is 17.1 Å². The van der Waals surface area contributed by atoms with Gasteiger partial charge in [-0.1, -0.05) is 18.2 Å². The molecule has 0 fully saturated rings. The van der Waals surface area contributed by atoms with Crippen molar-refractivity contribution in [2.45, 2.75) is 19.4 Å². The molecule has 0 saturated heterocycles. The highest BCUT2D eigenvalue weighted by atomic mass is 19.1. The first-order valence-electron chi connectivity index (χ1n) is 9.16. The first-order valence-corrected chi connectivity index (χ1v) is 9.16. The lowest BCUT2D eigenvalue weighted by Crippen LogP contribution is -2.41. The number of carbonyl (C=O) groups is 3. The number of benzene rings is 2. The number of nitrogens with one attached hydrogen (secondary N) is 2. The largest absolute Gasteiger partial charge is 0.486 e. The molecule has 1 heterocycles. The van der Waals surface area contributed by atoms with Crippen LogP contribution in [0.25, 0.3) is 0 Å². The Bertz CT molecular complexity index is 1020. The third-order valence-electron chi connectivity index (χ3n) is 4.07. The van der Waals surface area contributed by atoms with E-state index >= 15 is 0 Å². The maximum Gasteiger partial charge on any atom is 0.305 e. The van der Waals surface area contributed by atoms with Crippen molar-refractivity contribution in [2.75, 3.05) is 0 Å². The summed E-state index contributed by atoms with van der Waals surface area (Å²) in [4.78, 5) is 35.9. The molecule has 0 atom stereocenters. The molecular weight excluding hydrogens is 391 g/mol. The summed E-state index contributed by atoms with van der Waals surface area (Å²) in [6.07, 6.45) is -0.208. The Labute approximate surface area is 171 Å². The van der Waals surface area contributed by atoms with Crippen LogP contribution in [0.4, 0.5) is 4.39 Å². The van der Waals surface area contributed by atoms with Gasteiger partial charge in [-0.2, -0.15) is 0 Å². The summed E-state index contributed by atoms with van der Waals surface area (Å²) in [5, 5.41) is 0. The molecule has 0 unspecified atom stereocenters. The van der Waals surface area contributed by atoms with Crippen LogP contribution >= 0.6 is 0 Å². The molecule has 0 aliphatic rings. The van der Waals surface area contributed by atoms with Gasteiger partial charge in [0, 0.05) is 18.4 Å². The van der Waals surface area contributed by atoms with Crippen molar-refractivity contribution in [2.24, 2.45) is 0 Å². The summed E-state index contributed by atoms with van der Waals surface area (Å²) in [5.74, 6) is -0.811. The zero-order valence-electron chi connectivity index (χ0n) is 15.9. The summed E-state index contributed by atoms with van der Waals surface area (Å²) >= 11 is 0. The molecule has 0 spiro atoms. The number of rotatable bonds is 8. The molecule has 3 rings (SSSR count). The Kier molecular flexibility index (Phi) is 6.94. The van der Waals surface area contributed by atoms with Gasteiger partial charge in [-0.3, -0.25) is 25.2 Å². The molecule has 0 saturated carbocycles. The maximum absolute atomic E-state index is 12.9. The summed E-state index contributed by atoms with van der Waals surface area (Å²) in [6.45, 7) is 0.148. The number of ether oxygens (including phenoxy) is 1. The zero-order valence-corrected chi connectivity index (χ0v) is 15.9. The third kappa shape index (κ3) is 6.03. The van der Waals surface area contributed by atoms with Crippen molar-refractivity contribution in [3.05, 3.63) is 89.6 Å². The van der Waals surface area contributed by atoms with Crippen molar-refractivity contribution >= 4 is 17.6 Å². The Balaban J connectivity index is 1.40. The second-order valence-corrected chi connectivity index (χ2v) is 6.30. The highest BCUT2D eigenvalue weighted by Gasteiger charge is 2.14. The number of para-hydroxylation sites is 1. The van der Waals surface area contributed by atoms with Crippen LogP contribution < -0.4 is 15.6 Å². The molecule has 0 aliphatic heterocycles. The van der Waals surface area contributed by atoms with Crippen molar-refractivity contribution in [3.8, 4) is 5.75 Å². The zero-order chi connectivity index (χ0) is 21.3. The number of carbonyl (C=O) groups excluding carboxylic acids is 3. The molecule has 0 radical (unpaired) electrons. The molecule has 154 valence electrons. The van der Waals surface area contributed by atoms with Gasteiger partial charge < -0.3 is 9.15 Å². The van der Waals surface area contributed by atoms with Crippen LogP contribution in [0.2, 0.25) is 0 Å². The maximum atomic E-state index is 12.9. The summed E-state index contributed by atoms with van der Waals surface area (Å²) < 4.78 is 23.8. The van der Waals surface area contributed by atoms with Gasteiger partial charge >= 0.3 is 5.91 Å². The second-order valence-electron chi connectivity index (χ2n) is 6.30. The van der Waals surface area contributed by atoms with E-state index in [1.54, 1.807) is 18.2 Å². The molecule has 8 heteroatoms. The quantitative estimate of drug-likeness (QED) is 0.438. The number of furan rings is 1. The molecule has 30 heavy (non-hydrogen) atoms. The fourth-order valence-electron chi connectivity index (χ4n) is 2.51. The van der Waals surface area contributed by atoms with E-state index < -0.39 is 17.6 Å². The first kappa shape index (κ1) is 20.8. The highest BCUT2D eigenvalue weighted by Crippen LogP contribution is 2.14. The lowest BCUT2D eigenvalue weighted by Gasteiger charge is -2.06. The van der Waals surface area contributed by atoms with Gasteiger partial charge in [-0.05, 0) is 48.5 Å². The van der Waals surface area contributed by atoms with Crippen molar-refractivity contribution in [1.82, 2.24) is 10.9 Å². The lowest BCUT2D eigenvalue weighted by atomic mass is 10.1. The minimum Gasteiger partial charge on any atom is -0.486 e. The number of hydrazine groups is 1. The van der Waals surface area contributed by atoms with Crippen molar-refractivity contribution in [3.63, 3.8) is 0 Å². The fourth-order valence-corrected chi connectivity index (χ4v) is 2.51. The van der Waals surface area contributed by atoms with E-state index in [4.69, 9.17) is 9.15 Å². The van der Waals surface area contributed by atoms with E-state index in [-0.39, 0.29) is 31.0 Å². The molecule has 0 bridgehead atoms. The molecule has 3 aromatic rings. The topological polar surface area (TPSA) is 97.6 Å². The fraction of sp³-hybridized carbons (Fsp3) is 0.136. The summed E-state index contributed by atoms with van der Waals surface area (Å²) in [5.41, 5.74) is 4.76. The van der Waals surface area contributed by atoms with Gasteiger partial charge in [0.2, 0.25) is 5.91 Å². The number of halogens is 1. The van der Waals surface area contributed by atoms with Gasteiger partial charge in [0.15, 0.2) is 11.5 Å². The SMILES string of the molecule is O=C(CCC(=O)c1ccc(F)cc1)NNC(=O)c1ccc(COc2ccccc2)o1. The normalized spacial score (nSPS) is 10.3. The standard InChI is InChI=1S/C22H19FN2O5/c23-16-8-6-15(7-9-16)19(26)11-13-21(27)24-25-22(28)20-12-10-18(30-20)14-29-17-4-2-1-3-5-17/h1-10,12H,11,13-14H2,(H,24,27)(H,25,28). The Morgan fingerprint density at radius 2 is 1.60 bits per heavy atom. The second kappa shape index (κ2) is 10.0. The van der Waals surface area contributed by atoms with Crippen LogP contribution in [0.1, 0.15) is 39.5 Å².